The maximum Gasteiger partial charge on any atom is 0.331 e. The largest absolute Gasteiger partial charge is 0.478 e. The summed E-state index contributed by atoms with van der Waals surface area (Å²) in [5.74, 6) is -3.74. The van der Waals surface area contributed by atoms with E-state index in [1.807, 2.05) is 0 Å². The third-order valence-electron chi connectivity index (χ3n) is 1.41. The first-order chi connectivity index (χ1) is 10.3. The third kappa shape index (κ3) is 19.2. The highest BCUT2D eigenvalue weighted by atomic mass is 16.5. The average molecular weight is 312 g/mol. The van der Waals surface area contributed by atoms with Crippen LogP contribution in [0, 0.1) is 0 Å². The minimum Gasteiger partial charge on any atom is -0.478 e. The van der Waals surface area contributed by atoms with Crippen LogP contribution in [-0.2, 0) is 28.7 Å². The normalized spacial score (nSPS) is 9.45. The van der Waals surface area contributed by atoms with E-state index in [4.69, 9.17) is 10.2 Å². The van der Waals surface area contributed by atoms with E-state index < -0.39 is 23.9 Å². The molecule has 0 saturated carbocycles. The van der Waals surface area contributed by atoms with Gasteiger partial charge in [-0.2, -0.15) is 0 Å². The van der Waals surface area contributed by atoms with Crippen molar-refractivity contribution in [3.8, 4) is 0 Å². The molecule has 0 radical (unpaired) electrons. The van der Waals surface area contributed by atoms with E-state index in [9.17, 15) is 19.2 Å². The highest BCUT2D eigenvalue weighted by Gasteiger charge is 1.95. The summed E-state index contributed by atoms with van der Waals surface area (Å²) in [6, 6.07) is 0. The van der Waals surface area contributed by atoms with Crippen molar-refractivity contribution in [3.63, 3.8) is 0 Å². The number of rotatable bonds is 8. The zero-order valence-corrected chi connectivity index (χ0v) is 11.6. The summed E-state index contributed by atoms with van der Waals surface area (Å²) in [5.41, 5.74) is 0. The van der Waals surface area contributed by atoms with Crippen LogP contribution in [0.1, 0.15) is 0 Å². The molecular formula is C14H16O8. The number of carboxylic acids is 2. The molecule has 0 spiro atoms. The number of esters is 2. The van der Waals surface area contributed by atoms with Crippen LogP contribution in [0.2, 0.25) is 0 Å². The molecule has 22 heavy (non-hydrogen) atoms. The van der Waals surface area contributed by atoms with Gasteiger partial charge in [0, 0.05) is 24.3 Å². The molecule has 120 valence electrons. The Morgan fingerprint density at radius 3 is 1.27 bits per heavy atom. The summed E-state index contributed by atoms with van der Waals surface area (Å²) >= 11 is 0. The van der Waals surface area contributed by atoms with Crippen molar-refractivity contribution in [2.75, 3.05) is 13.2 Å². The Balaban J connectivity index is 0. The molecule has 8 nitrogen and oxygen atoms in total. The van der Waals surface area contributed by atoms with Crippen molar-refractivity contribution < 1.29 is 38.9 Å². The summed E-state index contributed by atoms with van der Waals surface area (Å²) in [4.78, 5) is 40.7. The van der Waals surface area contributed by atoms with E-state index in [2.05, 4.69) is 22.6 Å². The van der Waals surface area contributed by atoms with Crippen LogP contribution in [0.3, 0.4) is 0 Å². The molecular weight excluding hydrogens is 296 g/mol. The van der Waals surface area contributed by atoms with Crippen LogP contribution >= 0.6 is 0 Å². The quantitative estimate of drug-likeness (QED) is 0.381. The molecule has 0 saturated heterocycles. The van der Waals surface area contributed by atoms with Crippen molar-refractivity contribution in [1.82, 2.24) is 0 Å². The van der Waals surface area contributed by atoms with Crippen LogP contribution in [0.4, 0.5) is 0 Å². The Bertz CT molecular complexity index is 429. The molecule has 0 atom stereocenters. The van der Waals surface area contributed by atoms with Gasteiger partial charge in [0.05, 0.1) is 0 Å². The molecule has 0 rings (SSSR count). The summed E-state index contributed by atoms with van der Waals surface area (Å²) in [6.07, 6.45) is 5.90. The zero-order valence-electron chi connectivity index (χ0n) is 11.6. The van der Waals surface area contributed by atoms with Gasteiger partial charge in [-0.25, -0.2) is 19.2 Å². The topological polar surface area (TPSA) is 127 Å². The van der Waals surface area contributed by atoms with Gasteiger partial charge in [0.15, 0.2) is 0 Å². The Morgan fingerprint density at radius 1 is 0.727 bits per heavy atom. The van der Waals surface area contributed by atoms with Crippen molar-refractivity contribution in [2.24, 2.45) is 0 Å². The van der Waals surface area contributed by atoms with E-state index >= 15 is 0 Å². The maximum atomic E-state index is 10.5. The minimum atomic E-state index is -1.18. The number of carbonyl (C=O) groups is 4. The van der Waals surface area contributed by atoms with Crippen LogP contribution < -0.4 is 0 Å². The predicted molar refractivity (Wildman–Crippen MR) is 75.9 cm³/mol. The predicted octanol–water partition coefficient (Wildman–Crippen LogP) is 0.713. The lowest BCUT2D eigenvalue weighted by molar-refractivity contribution is -0.138. The van der Waals surface area contributed by atoms with Gasteiger partial charge in [0.1, 0.15) is 13.2 Å². The molecule has 8 heteroatoms. The Kier molecular flexibility index (Phi) is 13.7. The molecule has 0 fully saturated rings. The second-order valence-corrected chi connectivity index (χ2v) is 3.18. The summed E-state index contributed by atoms with van der Waals surface area (Å²) in [5, 5.41) is 16.1. The summed E-state index contributed by atoms with van der Waals surface area (Å²) in [6.45, 7) is 6.79. The second-order valence-electron chi connectivity index (χ2n) is 3.18. The molecule has 0 unspecified atom stereocenters. The lowest BCUT2D eigenvalue weighted by atomic mass is 10.5. The van der Waals surface area contributed by atoms with E-state index in [1.54, 1.807) is 0 Å². The van der Waals surface area contributed by atoms with Gasteiger partial charge in [-0.3, -0.25) is 0 Å². The van der Waals surface area contributed by atoms with Gasteiger partial charge < -0.3 is 19.7 Å². The molecule has 0 aromatic rings. The number of hydrogen-bond donors (Lipinski definition) is 2. The van der Waals surface area contributed by atoms with Crippen LogP contribution in [0.15, 0.2) is 49.6 Å². The number of carbonyl (C=O) groups excluding carboxylic acids is 2. The lowest BCUT2D eigenvalue weighted by Crippen LogP contribution is -2.01. The van der Waals surface area contributed by atoms with Crippen molar-refractivity contribution in [3.05, 3.63) is 49.6 Å². The standard InChI is InChI=1S/2C7H8O4/c2*1-2-5-11-7(10)4-3-6(8)9/h2*2-4H,1,5H2,(H,8,9)/b2*4-3-. The fraction of sp³-hybridized carbons (Fsp3) is 0.143. The molecule has 2 N–H and O–H groups in total. The third-order valence-corrected chi connectivity index (χ3v) is 1.41. The first-order valence-electron chi connectivity index (χ1n) is 5.70. The molecule has 0 aromatic carbocycles. The molecule has 0 aliphatic carbocycles. The highest BCUT2D eigenvalue weighted by molar-refractivity contribution is 5.91. The van der Waals surface area contributed by atoms with Crippen LogP contribution in [0.5, 0.6) is 0 Å². The average Bonchev–Trinajstić information content (AvgIpc) is 2.47. The molecule has 0 heterocycles. The van der Waals surface area contributed by atoms with Gasteiger partial charge in [0.25, 0.3) is 0 Å². The van der Waals surface area contributed by atoms with Crippen molar-refractivity contribution in [1.29, 1.82) is 0 Å². The first kappa shape index (κ1) is 21.1. The molecule has 0 aliphatic rings. The minimum absolute atomic E-state index is 0.0861. The molecule has 0 aromatic heterocycles. The van der Waals surface area contributed by atoms with Gasteiger partial charge in [-0.1, -0.05) is 25.3 Å². The number of ether oxygens (including phenoxy) is 2. The van der Waals surface area contributed by atoms with Gasteiger partial charge >= 0.3 is 23.9 Å². The molecule has 0 amide bonds. The first-order valence-corrected chi connectivity index (χ1v) is 5.70. The number of aliphatic carboxylic acids is 2. The van der Waals surface area contributed by atoms with Crippen molar-refractivity contribution in [2.45, 2.75) is 0 Å². The molecule has 0 bridgehead atoms. The van der Waals surface area contributed by atoms with Crippen LogP contribution in [0.25, 0.3) is 0 Å². The van der Waals surface area contributed by atoms with E-state index in [0.717, 1.165) is 12.2 Å². The fourth-order valence-corrected chi connectivity index (χ4v) is 0.657. The SMILES string of the molecule is C=CCOC(=O)/C=C\C(=O)O.C=CCOC(=O)/C=C\C(=O)O. The Labute approximate surface area is 126 Å². The Hall–Kier alpha value is -3.16. The second kappa shape index (κ2) is 14.3. The van der Waals surface area contributed by atoms with Gasteiger partial charge in [-0.15, -0.1) is 0 Å². The summed E-state index contributed by atoms with van der Waals surface area (Å²) < 4.78 is 8.87. The Morgan fingerprint density at radius 2 is 1.05 bits per heavy atom. The monoisotopic (exact) mass is 312 g/mol. The van der Waals surface area contributed by atoms with E-state index in [-0.39, 0.29) is 13.2 Å². The smallest absolute Gasteiger partial charge is 0.331 e. The maximum absolute atomic E-state index is 10.5. The van der Waals surface area contributed by atoms with Crippen molar-refractivity contribution >= 4 is 23.9 Å². The highest BCUT2D eigenvalue weighted by Crippen LogP contribution is 1.82. The molecule has 0 aliphatic heterocycles. The van der Waals surface area contributed by atoms with Gasteiger partial charge in [0.2, 0.25) is 0 Å². The van der Waals surface area contributed by atoms with Gasteiger partial charge in [-0.05, 0) is 0 Å². The summed E-state index contributed by atoms with van der Waals surface area (Å²) in [7, 11) is 0. The fourth-order valence-electron chi connectivity index (χ4n) is 0.657. The zero-order chi connectivity index (χ0) is 17.4. The van der Waals surface area contributed by atoms with Crippen LogP contribution in [-0.4, -0.2) is 47.3 Å². The number of carboxylic acid groups (broad SMARTS) is 2. The van der Waals surface area contributed by atoms with E-state index in [1.165, 1.54) is 12.2 Å². The lowest BCUT2D eigenvalue weighted by Gasteiger charge is -1.93. The van der Waals surface area contributed by atoms with E-state index in [0.29, 0.717) is 12.2 Å². The number of hydrogen-bond acceptors (Lipinski definition) is 6.